The summed E-state index contributed by atoms with van der Waals surface area (Å²) in [5.41, 5.74) is 0. The van der Waals surface area contributed by atoms with E-state index in [2.05, 4.69) is 86.8 Å². The molecule has 9 nitrogen and oxygen atoms in total. The number of allylic oxidation sites excluding steroid dienone is 11. The number of carbonyl (C=O) groups is 2. The molecule has 3 atom stereocenters. The van der Waals surface area contributed by atoms with Crippen molar-refractivity contribution in [1.82, 2.24) is 5.32 Å². The monoisotopic (exact) mass is 1150 g/mol. The Hall–Kier alpha value is -2.55. The highest BCUT2D eigenvalue weighted by Gasteiger charge is 2.27. The van der Waals surface area contributed by atoms with Gasteiger partial charge in [-0.3, -0.25) is 14.2 Å². The molecule has 0 saturated carbocycles. The van der Waals surface area contributed by atoms with Gasteiger partial charge in [-0.2, -0.15) is 0 Å². The number of nitrogens with zero attached hydrogens (tertiary/aromatic N) is 1. The summed E-state index contributed by atoms with van der Waals surface area (Å²) in [6.45, 7) is 6.71. The van der Waals surface area contributed by atoms with Gasteiger partial charge in [0.05, 0.1) is 33.8 Å². The Labute approximate surface area is 502 Å². The van der Waals surface area contributed by atoms with Crippen LogP contribution in [0, 0.1) is 0 Å². The molecule has 0 bridgehead atoms. The van der Waals surface area contributed by atoms with E-state index in [1.807, 2.05) is 33.3 Å². The van der Waals surface area contributed by atoms with Gasteiger partial charge in [-0.25, -0.2) is 0 Å². The number of unbranched alkanes of at least 4 members (excludes halogenated alkanes) is 38. The van der Waals surface area contributed by atoms with Crippen molar-refractivity contribution < 1.29 is 37.3 Å². The van der Waals surface area contributed by atoms with E-state index in [4.69, 9.17) is 13.8 Å². The van der Waals surface area contributed by atoms with Gasteiger partial charge in [0.25, 0.3) is 7.82 Å². The highest BCUT2D eigenvalue weighted by molar-refractivity contribution is 7.45. The van der Waals surface area contributed by atoms with Crippen LogP contribution in [0.3, 0.4) is 0 Å². The van der Waals surface area contributed by atoms with Gasteiger partial charge in [-0.1, -0.05) is 293 Å². The summed E-state index contributed by atoms with van der Waals surface area (Å²) in [5, 5.41) is 3.04. The Kier molecular flexibility index (Phi) is 58.7. The lowest BCUT2D eigenvalue weighted by Gasteiger charge is -2.30. The van der Waals surface area contributed by atoms with Crippen LogP contribution in [0.2, 0.25) is 0 Å². The first-order valence-corrected chi connectivity index (χ1v) is 35.7. The Morgan fingerprint density at radius 2 is 0.840 bits per heavy atom. The van der Waals surface area contributed by atoms with E-state index in [9.17, 15) is 19.0 Å². The molecule has 0 aliphatic carbocycles. The van der Waals surface area contributed by atoms with Crippen molar-refractivity contribution in [3.05, 3.63) is 72.9 Å². The van der Waals surface area contributed by atoms with Crippen molar-refractivity contribution in [2.45, 2.75) is 328 Å². The number of ether oxygens (including phenoxy) is 1. The fourth-order valence-electron chi connectivity index (χ4n) is 9.91. The molecule has 0 spiro atoms. The van der Waals surface area contributed by atoms with Gasteiger partial charge >= 0.3 is 5.97 Å². The Morgan fingerprint density at radius 3 is 1.30 bits per heavy atom. The number of likely N-dealkylation sites (N-methyl/N-ethyl adjacent to an activating group) is 1. The average Bonchev–Trinajstić information content (AvgIpc) is 3.44. The van der Waals surface area contributed by atoms with Crippen molar-refractivity contribution in [3.8, 4) is 0 Å². The molecule has 0 aromatic carbocycles. The Balaban J connectivity index is 5.04. The molecule has 0 aromatic rings. The lowest BCUT2D eigenvalue weighted by Crippen LogP contribution is -2.47. The molecule has 0 aliphatic rings. The van der Waals surface area contributed by atoms with Crippen molar-refractivity contribution >= 4 is 19.7 Å². The van der Waals surface area contributed by atoms with Crippen LogP contribution in [0.25, 0.3) is 0 Å². The molecule has 3 unspecified atom stereocenters. The van der Waals surface area contributed by atoms with Crippen molar-refractivity contribution in [1.29, 1.82) is 0 Å². The number of hydrogen-bond donors (Lipinski definition) is 1. The molecule has 0 heterocycles. The van der Waals surface area contributed by atoms with Crippen LogP contribution >= 0.6 is 7.82 Å². The molecule has 0 aliphatic heterocycles. The summed E-state index contributed by atoms with van der Waals surface area (Å²) in [7, 11) is 1.18. The zero-order valence-electron chi connectivity index (χ0n) is 54.0. The summed E-state index contributed by atoms with van der Waals surface area (Å²) >= 11 is 0. The normalized spacial score (nSPS) is 14.0. The first kappa shape index (κ1) is 78.5. The van der Waals surface area contributed by atoms with E-state index in [1.54, 1.807) is 0 Å². The van der Waals surface area contributed by atoms with Gasteiger partial charge in [-0.05, 0) is 83.1 Å². The Bertz CT molecular complexity index is 1620. The second-order valence-electron chi connectivity index (χ2n) is 24.4. The van der Waals surface area contributed by atoms with Crippen LogP contribution in [0.4, 0.5) is 0 Å². The predicted molar refractivity (Wildman–Crippen MR) is 348 cm³/mol. The molecule has 1 N–H and O–H groups in total. The molecule has 0 aromatic heterocycles. The third-order valence-corrected chi connectivity index (χ3v) is 16.1. The summed E-state index contributed by atoms with van der Waals surface area (Å²) in [6, 6.07) is -0.895. The molecule has 0 rings (SSSR count). The number of nitrogens with one attached hydrogen (secondary N) is 1. The molecule has 0 saturated heterocycles. The zero-order chi connectivity index (χ0) is 59.3. The summed E-state index contributed by atoms with van der Waals surface area (Å²) in [6.07, 6.45) is 78.8. The summed E-state index contributed by atoms with van der Waals surface area (Å²) < 4.78 is 30.4. The second kappa shape index (κ2) is 60.6. The van der Waals surface area contributed by atoms with Crippen molar-refractivity contribution in [2.75, 3.05) is 40.9 Å². The van der Waals surface area contributed by atoms with E-state index in [1.165, 1.54) is 199 Å². The van der Waals surface area contributed by atoms with E-state index in [0.29, 0.717) is 17.4 Å². The van der Waals surface area contributed by atoms with Crippen LogP contribution in [0.1, 0.15) is 316 Å². The number of phosphoric acid groups is 1. The van der Waals surface area contributed by atoms with Gasteiger partial charge < -0.3 is 28.5 Å². The van der Waals surface area contributed by atoms with Gasteiger partial charge in [0.1, 0.15) is 19.3 Å². The number of phosphoric ester groups is 1. The molecule has 1 amide bonds. The van der Waals surface area contributed by atoms with Gasteiger partial charge in [0.15, 0.2) is 0 Å². The van der Waals surface area contributed by atoms with Crippen LogP contribution < -0.4 is 10.2 Å². The molecular weight excluding hydrogens is 1020 g/mol. The highest BCUT2D eigenvalue weighted by Crippen LogP contribution is 2.38. The summed E-state index contributed by atoms with van der Waals surface area (Å²) in [5.74, 6) is -0.546. The third-order valence-electron chi connectivity index (χ3n) is 15.2. The standard InChI is InChI=1S/C71H131N2O7P/c1-7-10-13-16-19-22-25-28-30-31-32-33-34-35-36-37-38-39-40-41-43-45-48-51-54-57-60-63-70(74)72-68(67-79-81(76,77)78-66-65-73(4,5)6)69(62-59-56-53-50-47-44-27-24-21-18-15-12-9-3)80-71(75)64-61-58-55-52-49-46-42-29-26-23-20-17-14-11-8-2/h11,14,17,19-20,22-23,26,28,30,59,62,68-69H,7-10,12-13,15-16,18,21,24-25,27,29,31-58,60-61,63-67H2,1-6H3,(H-,72,74,76,77)/b14-11+,20-17+,22-19-,26-23+,30-28-,62-59-. The topological polar surface area (TPSA) is 114 Å². The number of quaternary nitrogens is 1. The quantitative estimate of drug-likeness (QED) is 0.0161. The van der Waals surface area contributed by atoms with Gasteiger partial charge in [0, 0.05) is 12.8 Å². The molecule has 0 radical (unpaired) electrons. The number of rotatable bonds is 62. The smallest absolute Gasteiger partial charge is 0.306 e. The lowest BCUT2D eigenvalue weighted by atomic mass is 10.0. The maximum Gasteiger partial charge on any atom is 0.306 e. The third kappa shape index (κ3) is 61.8. The number of carbonyl (C=O) groups excluding carboxylic acids is 2. The minimum Gasteiger partial charge on any atom is -0.756 e. The fourth-order valence-corrected chi connectivity index (χ4v) is 10.6. The molecule has 81 heavy (non-hydrogen) atoms. The van der Waals surface area contributed by atoms with Gasteiger partial charge in [0.2, 0.25) is 5.91 Å². The lowest BCUT2D eigenvalue weighted by molar-refractivity contribution is -0.870. The van der Waals surface area contributed by atoms with Crippen molar-refractivity contribution in [3.63, 3.8) is 0 Å². The minimum atomic E-state index is -4.71. The maximum atomic E-state index is 13.6. The SMILES string of the molecule is CC/C=C/C=C/C=C/CCCCCCCCCC(=O)OC(/C=C\CCCCCCCCCCCCC)C(COP(=O)([O-])OCC[N+](C)(C)C)NC(=O)CCCCCCCCCCCCCCCCCCC/C=C\C/C=C\CCCCC. The van der Waals surface area contributed by atoms with E-state index >= 15 is 0 Å². The summed E-state index contributed by atoms with van der Waals surface area (Å²) in [4.78, 5) is 40.1. The van der Waals surface area contributed by atoms with Crippen LogP contribution in [-0.2, 0) is 27.9 Å². The number of esters is 1. The zero-order valence-corrected chi connectivity index (χ0v) is 54.9. The van der Waals surface area contributed by atoms with Crippen molar-refractivity contribution in [2.24, 2.45) is 0 Å². The molecule has 472 valence electrons. The first-order chi connectivity index (χ1) is 39.4. The predicted octanol–water partition coefficient (Wildman–Crippen LogP) is 20.9. The molecule has 0 fully saturated rings. The average molecular weight is 1160 g/mol. The highest BCUT2D eigenvalue weighted by atomic mass is 31.2. The maximum absolute atomic E-state index is 13.6. The van der Waals surface area contributed by atoms with Gasteiger partial charge in [-0.15, -0.1) is 0 Å². The van der Waals surface area contributed by atoms with Crippen LogP contribution in [-0.4, -0.2) is 69.4 Å². The number of hydrogen-bond acceptors (Lipinski definition) is 7. The fraction of sp³-hybridized carbons (Fsp3) is 0.803. The second-order valence-corrected chi connectivity index (χ2v) is 25.8. The Morgan fingerprint density at radius 1 is 0.457 bits per heavy atom. The van der Waals surface area contributed by atoms with E-state index in [0.717, 1.165) is 83.5 Å². The van der Waals surface area contributed by atoms with E-state index < -0.39 is 26.6 Å². The van der Waals surface area contributed by atoms with E-state index in [-0.39, 0.29) is 24.9 Å². The molecule has 10 heteroatoms. The molecular formula is C71H131N2O7P. The first-order valence-electron chi connectivity index (χ1n) is 34.3. The van der Waals surface area contributed by atoms with Crippen LogP contribution in [0.5, 0.6) is 0 Å². The largest absolute Gasteiger partial charge is 0.756 e. The van der Waals surface area contributed by atoms with Crippen LogP contribution in [0.15, 0.2) is 72.9 Å². The minimum absolute atomic E-state index is 0.0253. The number of amides is 1.